The Kier molecular flexibility index (Phi) is 11.2. The Morgan fingerprint density at radius 1 is 0.725 bits per heavy atom. The summed E-state index contributed by atoms with van der Waals surface area (Å²) in [5, 5.41) is 0. The van der Waals surface area contributed by atoms with E-state index in [4.69, 9.17) is 4.99 Å². The number of benzene rings is 4. The molecule has 0 saturated heterocycles. The van der Waals surface area contributed by atoms with Crippen LogP contribution in [0.25, 0.3) is 11.6 Å². The van der Waals surface area contributed by atoms with Gasteiger partial charge in [-0.3, -0.25) is 18.7 Å². The molecule has 11 nitrogen and oxygen atoms in total. The first-order valence-electron chi connectivity index (χ1n) is 15.8. The third-order valence-electron chi connectivity index (χ3n) is 8.27. The van der Waals surface area contributed by atoms with Gasteiger partial charge < -0.3 is 4.90 Å². The van der Waals surface area contributed by atoms with Crippen molar-refractivity contribution in [3.63, 3.8) is 0 Å². The first-order chi connectivity index (χ1) is 24.1. The molecule has 1 atom stereocenters. The largest absolute Gasteiger partial charge is 0.367 e. The minimum absolute atomic E-state index is 0.188. The van der Waals surface area contributed by atoms with Crippen molar-refractivity contribution in [3.8, 4) is 0 Å². The molecule has 5 rings (SSSR count). The predicted molar refractivity (Wildman–Crippen MR) is 197 cm³/mol. The molecular weight excluding hydrogens is 713 g/mol. The van der Waals surface area contributed by atoms with Crippen LogP contribution in [0.4, 0.5) is 5.69 Å². The van der Waals surface area contributed by atoms with Gasteiger partial charge in [-0.05, 0) is 107 Å². The van der Waals surface area contributed by atoms with Gasteiger partial charge in [0.1, 0.15) is 4.90 Å². The number of allylic oxidation sites excluding steroid dienone is 5. The Balaban J connectivity index is 1.55. The van der Waals surface area contributed by atoms with E-state index >= 15 is 0 Å². The SMILES string of the molecule is CCC(N=C1C=CC(=Cc2ccccc2S(=O)(=O)O)C(c2ccc(N(CC)Cc3cccc(S(=O)(=O)O)c3)cc2)=C1)c1cccc(S(=O)(=O)O)c1. The molecule has 0 amide bonds. The van der Waals surface area contributed by atoms with E-state index < -0.39 is 36.4 Å². The molecule has 0 radical (unpaired) electrons. The standard InChI is InChI=1S/C37H36N2O9S3/c1-3-36(29-11-8-13-34(23-29)50(43,44)45)38-31-18-15-28(22-30-10-5-6-14-37(30)51(46,47)48)35(24-31)27-16-19-32(20-17-27)39(4-2)25-26-9-7-12-33(21-26)49(40,41)42/h5-24,36H,3-4,25H2,1-2H3,(H,40,41,42)(H,43,44,45)(H,46,47,48). The Morgan fingerprint density at radius 3 is 2.00 bits per heavy atom. The second-order valence-corrected chi connectivity index (χ2v) is 15.9. The van der Waals surface area contributed by atoms with E-state index in [-0.39, 0.29) is 20.2 Å². The van der Waals surface area contributed by atoms with Crippen LogP contribution in [0.1, 0.15) is 48.6 Å². The van der Waals surface area contributed by atoms with Crippen LogP contribution in [-0.2, 0) is 36.9 Å². The number of nitrogens with zero attached hydrogens (tertiary/aromatic N) is 2. The second kappa shape index (κ2) is 15.3. The van der Waals surface area contributed by atoms with Gasteiger partial charge >= 0.3 is 0 Å². The van der Waals surface area contributed by atoms with Crippen LogP contribution in [0.15, 0.2) is 141 Å². The smallest absolute Gasteiger partial charge is 0.295 e. The molecule has 0 aliphatic heterocycles. The molecule has 0 saturated carbocycles. The molecule has 0 heterocycles. The number of aliphatic imine (C=N–C) groups is 1. The van der Waals surface area contributed by atoms with Gasteiger partial charge in [0.15, 0.2) is 0 Å². The molecule has 0 aromatic heterocycles. The maximum absolute atomic E-state index is 12.2. The molecule has 0 spiro atoms. The van der Waals surface area contributed by atoms with E-state index in [0.29, 0.717) is 47.5 Å². The molecule has 14 heteroatoms. The Bertz CT molecular complexity index is 2400. The molecule has 1 aliphatic carbocycles. The fourth-order valence-electron chi connectivity index (χ4n) is 5.73. The minimum Gasteiger partial charge on any atom is -0.367 e. The number of hydrogen-bond acceptors (Lipinski definition) is 8. The highest BCUT2D eigenvalue weighted by Crippen LogP contribution is 2.33. The van der Waals surface area contributed by atoms with Crippen LogP contribution in [-0.4, -0.2) is 51.2 Å². The molecule has 0 fully saturated rings. The van der Waals surface area contributed by atoms with Crippen molar-refractivity contribution in [1.29, 1.82) is 0 Å². The third-order valence-corrected chi connectivity index (χ3v) is 10.9. The van der Waals surface area contributed by atoms with Gasteiger partial charge in [-0.2, -0.15) is 25.3 Å². The summed E-state index contributed by atoms with van der Waals surface area (Å²) in [6.07, 6.45) is 7.56. The highest BCUT2D eigenvalue weighted by molar-refractivity contribution is 7.86. The van der Waals surface area contributed by atoms with Gasteiger partial charge in [0, 0.05) is 18.8 Å². The first-order valence-corrected chi connectivity index (χ1v) is 20.1. The summed E-state index contributed by atoms with van der Waals surface area (Å²) < 4.78 is 100. The zero-order chi connectivity index (χ0) is 37.0. The molecule has 1 unspecified atom stereocenters. The van der Waals surface area contributed by atoms with Crippen LogP contribution in [0.2, 0.25) is 0 Å². The molecule has 3 N–H and O–H groups in total. The molecule has 4 aromatic carbocycles. The van der Waals surface area contributed by atoms with Crippen molar-refractivity contribution in [2.24, 2.45) is 4.99 Å². The summed E-state index contributed by atoms with van der Waals surface area (Å²) in [6, 6.07) is 25.3. The summed E-state index contributed by atoms with van der Waals surface area (Å²) in [6.45, 7) is 4.82. The zero-order valence-corrected chi connectivity index (χ0v) is 30.1. The quantitative estimate of drug-likeness (QED) is 0.127. The Labute approximate surface area is 298 Å². The van der Waals surface area contributed by atoms with E-state index in [1.165, 1.54) is 36.4 Å². The lowest BCUT2D eigenvalue weighted by Crippen LogP contribution is -2.22. The van der Waals surface area contributed by atoms with Crippen molar-refractivity contribution in [2.75, 3.05) is 11.4 Å². The fourth-order valence-corrected chi connectivity index (χ4v) is 7.49. The fraction of sp³-hybridized carbons (Fsp3) is 0.162. The molecule has 51 heavy (non-hydrogen) atoms. The summed E-state index contributed by atoms with van der Waals surface area (Å²) in [5.41, 5.74) is 5.05. The van der Waals surface area contributed by atoms with Gasteiger partial charge in [-0.1, -0.05) is 67.6 Å². The van der Waals surface area contributed by atoms with Crippen molar-refractivity contribution in [3.05, 3.63) is 143 Å². The highest BCUT2D eigenvalue weighted by atomic mass is 32.2. The van der Waals surface area contributed by atoms with Crippen LogP contribution in [0.5, 0.6) is 0 Å². The number of rotatable bonds is 12. The molecule has 0 bridgehead atoms. The molecule has 4 aromatic rings. The lowest BCUT2D eigenvalue weighted by molar-refractivity contribution is 0.480. The van der Waals surface area contributed by atoms with E-state index in [2.05, 4.69) is 0 Å². The molecular formula is C37H36N2O9S3. The van der Waals surface area contributed by atoms with E-state index in [1.54, 1.807) is 54.6 Å². The Hall–Kier alpha value is -4.70. The summed E-state index contributed by atoms with van der Waals surface area (Å²) in [4.78, 5) is 6.26. The van der Waals surface area contributed by atoms with Crippen LogP contribution < -0.4 is 4.90 Å². The van der Waals surface area contributed by atoms with E-state index in [1.807, 2.05) is 49.1 Å². The molecule has 1 aliphatic rings. The van der Waals surface area contributed by atoms with E-state index in [9.17, 15) is 38.9 Å². The number of hydrogen-bond donors (Lipinski definition) is 3. The summed E-state index contributed by atoms with van der Waals surface area (Å²) in [7, 11) is -13.3. The average molecular weight is 749 g/mol. The van der Waals surface area contributed by atoms with Crippen molar-refractivity contribution >= 4 is 53.4 Å². The van der Waals surface area contributed by atoms with Gasteiger partial charge in [-0.25, -0.2) is 0 Å². The van der Waals surface area contributed by atoms with Gasteiger partial charge in [0.25, 0.3) is 30.4 Å². The van der Waals surface area contributed by atoms with Crippen LogP contribution in [0, 0.1) is 0 Å². The second-order valence-electron chi connectivity index (χ2n) is 11.7. The molecule has 266 valence electrons. The lowest BCUT2D eigenvalue weighted by atomic mass is 9.90. The first kappa shape index (κ1) is 37.6. The summed E-state index contributed by atoms with van der Waals surface area (Å²) >= 11 is 0. The van der Waals surface area contributed by atoms with Crippen molar-refractivity contribution < 1.29 is 38.9 Å². The van der Waals surface area contributed by atoms with Crippen molar-refractivity contribution in [2.45, 2.75) is 47.5 Å². The lowest BCUT2D eigenvalue weighted by Gasteiger charge is -2.24. The minimum atomic E-state index is -4.52. The van der Waals surface area contributed by atoms with Gasteiger partial charge in [0.2, 0.25) is 0 Å². The number of anilines is 1. The van der Waals surface area contributed by atoms with Gasteiger partial charge in [0.05, 0.1) is 21.5 Å². The summed E-state index contributed by atoms with van der Waals surface area (Å²) in [5.74, 6) is 0. The monoisotopic (exact) mass is 748 g/mol. The van der Waals surface area contributed by atoms with E-state index in [0.717, 1.165) is 11.3 Å². The predicted octanol–water partition coefficient (Wildman–Crippen LogP) is 7.08. The third kappa shape index (κ3) is 9.35. The normalized spacial score (nSPS) is 15.9. The average Bonchev–Trinajstić information content (AvgIpc) is 3.09. The van der Waals surface area contributed by atoms with Crippen LogP contribution in [0.3, 0.4) is 0 Å². The zero-order valence-electron chi connectivity index (χ0n) is 27.7. The van der Waals surface area contributed by atoms with Crippen LogP contribution >= 0.6 is 0 Å². The Morgan fingerprint density at radius 2 is 1.37 bits per heavy atom. The highest BCUT2D eigenvalue weighted by Gasteiger charge is 2.19. The van der Waals surface area contributed by atoms with Crippen molar-refractivity contribution in [1.82, 2.24) is 0 Å². The topological polar surface area (TPSA) is 179 Å². The van der Waals surface area contributed by atoms with Gasteiger partial charge in [-0.15, -0.1) is 0 Å². The maximum Gasteiger partial charge on any atom is 0.295 e. The maximum atomic E-state index is 12.2.